The van der Waals surface area contributed by atoms with Crippen molar-refractivity contribution in [3.05, 3.63) is 42.2 Å². The third kappa shape index (κ3) is 5.09. The number of amides is 1. The summed E-state index contributed by atoms with van der Waals surface area (Å²) in [6.45, 7) is 5.05. The number of hydrogen-bond acceptors (Lipinski definition) is 6. The van der Waals surface area contributed by atoms with Crippen LogP contribution in [0.15, 0.2) is 36.7 Å². The maximum absolute atomic E-state index is 12.5. The fraction of sp³-hybridized carbons (Fsp3) is 0.450. The average molecular weight is 369 g/mol. The van der Waals surface area contributed by atoms with Crippen LogP contribution in [0, 0.1) is 6.92 Å². The Morgan fingerprint density at radius 1 is 1.19 bits per heavy atom. The summed E-state index contributed by atoms with van der Waals surface area (Å²) in [5.74, 6) is 2.43. The predicted molar refractivity (Wildman–Crippen MR) is 106 cm³/mol. The molecule has 0 saturated carbocycles. The van der Waals surface area contributed by atoms with Crippen molar-refractivity contribution >= 4 is 17.5 Å². The van der Waals surface area contributed by atoms with Crippen LogP contribution in [0.3, 0.4) is 0 Å². The number of aryl methyl sites for hydroxylation is 1. The number of nitrogens with zero attached hydrogens (tertiary/aromatic N) is 5. The SMILES string of the molecule is Cc1cccc(OCC(=O)N2CCCN(c3cncc(N(C)C)n3)CC2)c1. The Kier molecular flexibility index (Phi) is 6.11. The summed E-state index contributed by atoms with van der Waals surface area (Å²) in [6, 6.07) is 7.75. The van der Waals surface area contributed by atoms with E-state index in [0.717, 1.165) is 49.0 Å². The zero-order valence-electron chi connectivity index (χ0n) is 16.3. The number of ether oxygens (including phenoxy) is 1. The highest BCUT2D eigenvalue weighted by Crippen LogP contribution is 2.17. The van der Waals surface area contributed by atoms with E-state index in [1.54, 1.807) is 12.4 Å². The van der Waals surface area contributed by atoms with Gasteiger partial charge in [0.05, 0.1) is 12.4 Å². The van der Waals surface area contributed by atoms with E-state index in [2.05, 4.69) is 14.9 Å². The van der Waals surface area contributed by atoms with Gasteiger partial charge in [0.1, 0.15) is 17.4 Å². The van der Waals surface area contributed by atoms with Gasteiger partial charge in [-0.15, -0.1) is 0 Å². The minimum absolute atomic E-state index is 0.0199. The van der Waals surface area contributed by atoms with Crippen molar-refractivity contribution in [1.29, 1.82) is 0 Å². The van der Waals surface area contributed by atoms with Crippen molar-refractivity contribution in [2.45, 2.75) is 13.3 Å². The molecule has 0 radical (unpaired) electrons. The average Bonchev–Trinajstić information content (AvgIpc) is 2.92. The Hall–Kier alpha value is -2.83. The second-order valence-electron chi connectivity index (χ2n) is 6.96. The number of carbonyl (C=O) groups excluding carboxylic acids is 1. The second-order valence-corrected chi connectivity index (χ2v) is 6.96. The predicted octanol–water partition coefficient (Wildman–Crippen LogP) is 1.97. The van der Waals surface area contributed by atoms with Crippen LogP contribution < -0.4 is 14.5 Å². The zero-order chi connectivity index (χ0) is 19.2. The van der Waals surface area contributed by atoms with Crippen LogP contribution in [-0.2, 0) is 4.79 Å². The lowest BCUT2D eigenvalue weighted by molar-refractivity contribution is -0.133. The van der Waals surface area contributed by atoms with Gasteiger partial charge in [0.25, 0.3) is 5.91 Å². The van der Waals surface area contributed by atoms with Gasteiger partial charge in [-0.2, -0.15) is 0 Å². The molecule has 2 heterocycles. The van der Waals surface area contributed by atoms with Gasteiger partial charge in [0.2, 0.25) is 0 Å². The molecular formula is C20H27N5O2. The lowest BCUT2D eigenvalue weighted by atomic mass is 10.2. The van der Waals surface area contributed by atoms with Crippen molar-refractivity contribution in [2.24, 2.45) is 0 Å². The number of carbonyl (C=O) groups is 1. The van der Waals surface area contributed by atoms with Crippen LogP contribution in [0.2, 0.25) is 0 Å². The summed E-state index contributed by atoms with van der Waals surface area (Å²) < 4.78 is 5.66. The first-order valence-electron chi connectivity index (χ1n) is 9.24. The van der Waals surface area contributed by atoms with E-state index in [4.69, 9.17) is 4.74 Å². The van der Waals surface area contributed by atoms with Crippen molar-refractivity contribution in [2.75, 3.05) is 56.7 Å². The molecule has 1 aliphatic rings. The molecule has 1 saturated heterocycles. The lowest BCUT2D eigenvalue weighted by Gasteiger charge is -2.23. The summed E-state index contributed by atoms with van der Waals surface area (Å²) in [5, 5.41) is 0. The minimum Gasteiger partial charge on any atom is -0.484 e. The Morgan fingerprint density at radius 3 is 2.81 bits per heavy atom. The molecular weight excluding hydrogens is 342 g/mol. The highest BCUT2D eigenvalue weighted by Gasteiger charge is 2.20. The Bertz CT molecular complexity index is 780. The molecule has 0 atom stereocenters. The van der Waals surface area contributed by atoms with E-state index in [1.165, 1.54) is 0 Å². The zero-order valence-corrected chi connectivity index (χ0v) is 16.3. The Labute approximate surface area is 160 Å². The molecule has 1 amide bonds. The van der Waals surface area contributed by atoms with Crippen molar-refractivity contribution in [1.82, 2.24) is 14.9 Å². The molecule has 1 fully saturated rings. The van der Waals surface area contributed by atoms with E-state index >= 15 is 0 Å². The Balaban J connectivity index is 1.56. The van der Waals surface area contributed by atoms with Gasteiger partial charge in [-0.05, 0) is 31.0 Å². The maximum atomic E-state index is 12.5. The van der Waals surface area contributed by atoms with Gasteiger partial charge in [-0.25, -0.2) is 4.98 Å². The largest absolute Gasteiger partial charge is 0.484 e. The van der Waals surface area contributed by atoms with Crippen molar-refractivity contribution in [3.63, 3.8) is 0 Å². The lowest BCUT2D eigenvalue weighted by Crippen LogP contribution is -2.38. The third-order valence-corrected chi connectivity index (χ3v) is 4.59. The number of anilines is 2. The smallest absolute Gasteiger partial charge is 0.260 e. The van der Waals surface area contributed by atoms with E-state index in [-0.39, 0.29) is 12.5 Å². The topological polar surface area (TPSA) is 61.8 Å². The molecule has 0 spiro atoms. The molecule has 27 heavy (non-hydrogen) atoms. The highest BCUT2D eigenvalue weighted by atomic mass is 16.5. The van der Waals surface area contributed by atoms with E-state index in [1.807, 2.05) is 55.1 Å². The Morgan fingerprint density at radius 2 is 2.04 bits per heavy atom. The van der Waals surface area contributed by atoms with Gasteiger partial charge in [0, 0.05) is 40.3 Å². The number of aromatic nitrogens is 2. The van der Waals surface area contributed by atoms with Gasteiger partial charge in [-0.1, -0.05) is 12.1 Å². The van der Waals surface area contributed by atoms with Crippen molar-refractivity contribution in [3.8, 4) is 5.75 Å². The first-order valence-corrected chi connectivity index (χ1v) is 9.24. The summed E-state index contributed by atoms with van der Waals surface area (Å²) in [7, 11) is 3.90. The first kappa shape index (κ1) is 18.9. The van der Waals surface area contributed by atoms with Gasteiger partial charge in [-0.3, -0.25) is 9.78 Å². The molecule has 0 aliphatic carbocycles. The van der Waals surface area contributed by atoms with E-state index in [0.29, 0.717) is 6.54 Å². The third-order valence-electron chi connectivity index (χ3n) is 4.59. The molecule has 0 N–H and O–H groups in total. The normalized spacial score (nSPS) is 14.6. The molecule has 7 heteroatoms. The molecule has 3 rings (SSSR count). The molecule has 0 bridgehead atoms. The molecule has 7 nitrogen and oxygen atoms in total. The van der Waals surface area contributed by atoms with Crippen LogP contribution in [0.5, 0.6) is 5.75 Å². The number of hydrogen-bond donors (Lipinski definition) is 0. The van der Waals surface area contributed by atoms with Crippen molar-refractivity contribution < 1.29 is 9.53 Å². The summed E-state index contributed by atoms with van der Waals surface area (Å²) >= 11 is 0. The molecule has 0 unspecified atom stereocenters. The van der Waals surface area contributed by atoms with E-state index < -0.39 is 0 Å². The fourth-order valence-electron chi connectivity index (χ4n) is 3.05. The second kappa shape index (κ2) is 8.70. The molecule has 1 aromatic heterocycles. The maximum Gasteiger partial charge on any atom is 0.260 e. The van der Waals surface area contributed by atoms with Gasteiger partial charge >= 0.3 is 0 Å². The van der Waals surface area contributed by atoms with Crippen LogP contribution >= 0.6 is 0 Å². The fourth-order valence-corrected chi connectivity index (χ4v) is 3.05. The first-order chi connectivity index (χ1) is 13.0. The molecule has 144 valence electrons. The number of benzene rings is 1. The van der Waals surface area contributed by atoms with Gasteiger partial charge < -0.3 is 19.4 Å². The van der Waals surface area contributed by atoms with Crippen LogP contribution in [-0.4, -0.2) is 67.7 Å². The highest BCUT2D eigenvalue weighted by molar-refractivity contribution is 5.78. The van der Waals surface area contributed by atoms with Crippen LogP contribution in [0.4, 0.5) is 11.6 Å². The van der Waals surface area contributed by atoms with E-state index in [9.17, 15) is 4.79 Å². The number of rotatable bonds is 5. The standard InChI is InChI=1S/C20H27N5O2/c1-16-6-4-7-17(12-16)27-15-20(26)25-9-5-8-24(10-11-25)19-14-21-13-18(22-19)23(2)3/h4,6-7,12-14H,5,8-11,15H2,1-3H3. The monoisotopic (exact) mass is 369 g/mol. The molecule has 1 aromatic carbocycles. The van der Waals surface area contributed by atoms with Crippen LogP contribution in [0.1, 0.15) is 12.0 Å². The summed E-state index contributed by atoms with van der Waals surface area (Å²) in [6.07, 6.45) is 4.43. The summed E-state index contributed by atoms with van der Waals surface area (Å²) in [5.41, 5.74) is 1.12. The summed E-state index contributed by atoms with van der Waals surface area (Å²) in [4.78, 5) is 27.5. The van der Waals surface area contributed by atoms with Crippen LogP contribution in [0.25, 0.3) is 0 Å². The minimum atomic E-state index is 0.0199. The molecule has 2 aromatic rings. The quantitative estimate of drug-likeness (QED) is 0.803. The molecule has 1 aliphatic heterocycles. The van der Waals surface area contributed by atoms with Gasteiger partial charge in [0.15, 0.2) is 6.61 Å².